The average Bonchev–Trinajstić information content (AvgIpc) is 3.18. The van der Waals surface area contributed by atoms with Gasteiger partial charge in [0.1, 0.15) is 5.76 Å². The largest absolute Gasteiger partial charge is 0.467 e. The van der Waals surface area contributed by atoms with Crippen molar-refractivity contribution in [3.63, 3.8) is 0 Å². The van der Waals surface area contributed by atoms with E-state index in [0.29, 0.717) is 22.9 Å². The molecule has 116 valence electrons. The average molecular weight is 318 g/mol. The topological polar surface area (TPSA) is 76.5 Å². The van der Waals surface area contributed by atoms with Crippen LogP contribution >= 0.6 is 11.3 Å². The van der Waals surface area contributed by atoms with Gasteiger partial charge >= 0.3 is 0 Å². The molecule has 1 aliphatic heterocycles. The van der Waals surface area contributed by atoms with E-state index in [1.807, 2.05) is 17.0 Å². The fraction of sp³-hybridized carbons (Fsp3) is 0.375. The molecule has 0 radical (unpaired) electrons. The van der Waals surface area contributed by atoms with E-state index in [1.54, 1.807) is 17.7 Å². The molecule has 2 aromatic rings. The van der Waals surface area contributed by atoms with Crippen LogP contribution in [0.4, 0.5) is 0 Å². The number of carbonyl (C=O) groups excluding carboxylic acids is 2. The first-order chi connectivity index (χ1) is 10.6. The van der Waals surface area contributed by atoms with E-state index in [0.717, 1.165) is 18.6 Å². The molecule has 2 atom stereocenters. The van der Waals surface area contributed by atoms with Crippen LogP contribution in [0.25, 0.3) is 0 Å². The molecule has 6 heteroatoms. The highest BCUT2D eigenvalue weighted by atomic mass is 32.1. The van der Waals surface area contributed by atoms with Gasteiger partial charge in [0.15, 0.2) is 0 Å². The number of piperidine rings is 1. The van der Waals surface area contributed by atoms with Crippen molar-refractivity contribution in [3.05, 3.63) is 46.0 Å². The Hall–Kier alpha value is -2.08. The summed E-state index contributed by atoms with van der Waals surface area (Å²) in [7, 11) is 0. The van der Waals surface area contributed by atoms with Crippen molar-refractivity contribution in [1.82, 2.24) is 4.90 Å². The predicted molar refractivity (Wildman–Crippen MR) is 83.7 cm³/mol. The summed E-state index contributed by atoms with van der Waals surface area (Å²) in [6, 6.07) is 5.28. The number of hydrogen-bond acceptors (Lipinski definition) is 4. The number of hydrogen-bond donors (Lipinski definition) is 1. The molecule has 3 heterocycles. The van der Waals surface area contributed by atoms with Crippen LogP contribution in [0.2, 0.25) is 0 Å². The van der Waals surface area contributed by atoms with Crippen molar-refractivity contribution in [3.8, 4) is 0 Å². The molecule has 1 saturated heterocycles. The Morgan fingerprint density at radius 3 is 2.91 bits per heavy atom. The molecule has 2 N–H and O–H groups in total. The Kier molecular flexibility index (Phi) is 4.02. The molecule has 0 spiro atoms. The highest BCUT2D eigenvalue weighted by molar-refractivity contribution is 7.12. The minimum Gasteiger partial charge on any atom is -0.467 e. The summed E-state index contributed by atoms with van der Waals surface area (Å²) in [5.74, 6) is 0.784. The number of likely N-dealkylation sites (tertiary alicyclic amines) is 1. The molecular formula is C16H18N2O3S. The third-order valence-corrected chi connectivity index (χ3v) is 5.01. The van der Waals surface area contributed by atoms with Gasteiger partial charge in [0, 0.05) is 11.9 Å². The molecule has 0 bridgehead atoms. The fourth-order valence-electron chi connectivity index (χ4n) is 2.85. The number of rotatable bonds is 3. The highest BCUT2D eigenvalue weighted by Gasteiger charge is 2.33. The van der Waals surface area contributed by atoms with Crippen LogP contribution in [-0.2, 0) is 0 Å². The van der Waals surface area contributed by atoms with Crippen LogP contribution in [0.15, 0.2) is 34.3 Å². The summed E-state index contributed by atoms with van der Waals surface area (Å²) in [5, 5.41) is 1.63. The van der Waals surface area contributed by atoms with Crippen LogP contribution < -0.4 is 5.73 Å². The smallest absolute Gasteiger partial charge is 0.264 e. The molecular weight excluding hydrogens is 300 g/mol. The summed E-state index contributed by atoms with van der Waals surface area (Å²) in [4.78, 5) is 26.4. The minimum absolute atomic E-state index is 0.0506. The van der Waals surface area contributed by atoms with Crippen molar-refractivity contribution in [1.29, 1.82) is 0 Å². The van der Waals surface area contributed by atoms with Gasteiger partial charge in [0.25, 0.3) is 5.91 Å². The van der Waals surface area contributed by atoms with E-state index >= 15 is 0 Å². The van der Waals surface area contributed by atoms with Crippen molar-refractivity contribution in [2.24, 2.45) is 11.7 Å². The van der Waals surface area contributed by atoms with Crippen LogP contribution in [0.5, 0.6) is 0 Å². The predicted octanol–water partition coefficient (Wildman–Crippen LogP) is 3.05. The lowest BCUT2D eigenvalue weighted by Gasteiger charge is -2.37. The summed E-state index contributed by atoms with van der Waals surface area (Å²) in [6.07, 6.45) is 3.48. The molecule has 3 rings (SSSR count). The maximum Gasteiger partial charge on any atom is 0.264 e. The Balaban J connectivity index is 1.86. The summed E-state index contributed by atoms with van der Waals surface area (Å²) < 4.78 is 5.52. The zero-order valence-corrected chi connectivity index (χ0v) is 13.1. The number of furan rings is 1. The van der Waals surface area contributed by atoms with Gasteiger partial charge in [-0.15, -0.1) is 11.3 Å². The van der Waals surface area contributed by atoms with E-state index < -0.39 is 5.91 Å². The maximum atomic E-state index is 12.8. The van der Waals surface area contributed by atoms with E-state index in [2.05, 4.69) is 6.92 Å². The molecule has 1 aliphatic rings. The van der Waals surface area contributed by atoms with Gasteiger partial charge in [0.05, 0.1) is 22.7 Å². The van der Waals surface area contributed by atoms with Gasteiger partial charge < -0.3 is 15.1 Å². The highest BCUT2D eigenvalue weighted by Crippen LogP contribution is 2.35. The van der Waals surface area contributed by atoms with Crippen LogP contribution in [0.3, 0.4) is 0 Å². The number of nitrogens with two attached hydrogens (primary N) is 1. The SMILES string of the molecule is C[C@@H]1CCN(C(=O)c2cc(C(N)=O)cs2)[C@@H](c2ccco2)C1. The van der Waals surface area contributed by atoms with Crippen molar-refractivity contribution in [2.75, 3.05) is 6.54 Å². The number of thiophene rings is 1. The van der Waals surface area contributed by atoms with Crippen molar-refractivity contribution in [2.45, 2.75) is 25.8 Å². The molecule has 2 aromatic heterocycles. The van der Waals surface area contributed by atoms with Crippen molar-refractivity contribution >= 4 is 23.2 Å². The number of nitrogens with zero attached hydrogens (tertiary/aromatic N) is 1. The summed E-state index contributed by atoms with van der Waals surface area (Å²) in [5.41, 5.74) is 5.64. The van der Waals surface area contributed by atoms with E-state index in [4.69, 9.17) is 10.2 Å². The zero-order chi connectivity index (χ0) is 15.7. The molecule has 2 amide bonds. The van der Waals surface area contributed by atoms with Crippen LogP contribution in [0, 0.1) is 5.92 Å². The first kappa shape index (κ1) is 14.8. The second-order valence-electron chi connectivity index (χ2n) is 5.72. The molecule has 0 saturated carbocycles. The summed E-state index contributed by atoms with van der Waals surface area (Å²) in [6.45, 7) is 2.88. The molecule has 1 fully saturated rings. The lowest BCUT2D eigenvalue weighted by molar-refractivity contribution is 0.0526. The van der Waals surface area contributed by atoms with Gasteiger partial charge in [-0.2, -0.15) is 0 Å². The van der Waals surface area contributed by atoms with Gasteiger partial charge in [-0.3, -0.25) is 9.59 Å². The molecule has 0 aliphatic carbocycles. The zero-order valence-electron chi connectivity index (χ0n) is 12.3. The number of primary amides is 1. The van der Waals surface area contributed by atoms with Gasteiger partial charge in [-0.25, -0.2) is 0 Å². The first-order valence-electron chi connectivity index (χ1n) is 7.29. The monoisotopic (exact) mass is 318 g/mol. The lowest BCUT2D eigenvalue weighted by Crippen LogP contribution is -2.40. The van der Waals surface area contributed by atoms with Gasteiger partial charge in [-0.1, -0.05) is 6.92 Å². The molecule has 0 unspecified atom stereocenters. The number of carbonyl (C=O) groups is 2. The first-order valence-corrected chi connectivity index (χ1v) is 8.17. The quantitative estimate of drug-likeness (QED) is 0.945. The normalized spacial score (nSPS) is 21.8. The third kappa shape index (κ3) is 2.78. The van der Waals surface area contributed by atoms with Gasteiger partial charge in [0.2, 0.25) is 5.91 Å². The standard InChI is InChI=1S/C16H18N2O3S/c1-10-4-5-18(12(7-10)13-3-2-6-21-13)16(20)14-8-11(9-22-14)15(17)19/h2-3,6,8-10,12H,4-5,7H2,1H3,(H2,17,19)/t10-,12-/m1/s1. The van der Waals surface area contributed by atoms with Crippen molar-refractivity contribution < 1.29 is 14.0 Å². The van der Waals surface area contributed by atoms with Crippen LogP contribution in [0.1, 0.15) is 51.6 Å². The summed E-state index contributed by atoms with van der Waals surface area (Å²) >= 11 is 1.26. The van der Waals surface area contributed by atoms with E-state index in [-0.39, 0.29) is 11.9 Å². The second-order valence-corrected chi connectivity index (χ2v) is 6.63. The Morgan fingerprint density at radius 1 is 1.45 bits per heavy atom. The number of amides is 2. The molecule has 22 heavy (non-hydrogen) atoms. The third-order valence-electron chi connectivity index (χ3n) is 4.09. The van der Waals surface area contributed by atoms with E-state index in [9.17, 15) is 9.59 Å². The Labute approximate surface area is 132 Å². The van der Waals surface area contributed by atoms with Crippen LogP contribution in [-0.4, -0.2) is 23.3 Å². The maximum absolute atomic E-state index is 12.8. The lowest BCUT2D eigenvalue weighted by atomic mass is 9.91. The Bertz CT molecular complexity index is 677. The van der Waals surface area contributed by atoms with Gasteiger partial charge in [-0.05, 0) is 37.0 Å². The second kappa shape index (κ2) is 5.96. The van der Waals surface area contributed by atoms with E-state index in [1.165, 1.54) is 11.3 Å². The minimum atomic E-state index is -0.509. The fourth-order valence-corrected chi connectivity index (χ4v) is 3.71. The molecule has 5 nitrogen and oxygen atoms in total. The Morgan fingerprint density at radius 2 is 2.27 bits per heavy atom. The molecule has 0 aromatic carbocycles.